The molecule has 1 aliphatic heterocycles. The van der Waals surface area contributed by atoms with Crippen molar-refractivity contribution in [3.05, 3.63) is 59.4 Å². The molecule has 0 unspecified atom stereocenters. The molecule has 1 N–H and O–H groups in total. The van der Waals surface area contributed by atoms with E-state index in [1.165, 1.54) is 12.1 Å². The second-order valence-corrected chi connectivity index (χ2v) is 6.28. The Morgan fingerprint density at radius 1 is 1.37 bits per heavy atom. The largest absolute Gasteiger partial charge is 0.507 e. The molecule has 0 amide bonds. The molecule has 2 aromatic rings. The monoisotopic (exact) mass is 368 g/mol. The van der Waals surface area contributed by atoms with Crippen LogP contribution in [0.25, 0.3) is 6.08 Å². The van der Waals surface area contributed by atoms with E-state index in [1.807, 2.05) is 13.0 Å². The van der Waals surface area contributed by atoms with Gasteiger partial charge in [-0.1, -0.05) is 6.07 Å². The number of hydrogen-bond donors (Lipinski definition) is 1. The number of ether oxygens (including phenoxy) is 2. The highest BCUT2D eigenvalue weighted by molar-refractivity contribution is 6.08. The topological polar surface area (TPSA) is 71.9 Å². The molecule has 3 rings (SSSR count). The van der Waals surface area contributed by atoms with Gasteiger partial charge in [0.15, 0.2) is 5.78 Å². The summed E-state index contributed by atoms with van der Waals surface area (Å²) in [6.07, 6.45) is 6.48. The van der Waals surface area contributed by atoms with Crippen LogP contribution < -0.4 is 4.74 Å². The molecule has 2 heterocycles. The number of morpholine rings is 1. The van der Waals surface area contributed by atoms with Crippen molar-refractivity contribution in [3.8, 4) is 11.5 Å². The number of phenols is 1. The van der Waals surface area contributed by atoms with Crippen LogP contribution in [0.2, 0.25) is 0 Å². The highest BCUT2D eigenvalue weighted by atomic mass is 16.5. The normalized spacial score (nSPS) is 15.1. The van der Waals surface area contributed by atoms with Gasteiger partial charge >= 0.3 is 0 Å². The van der Waals surface area contributed by atoms with Gasteiger partial charge in [-0.2, -0.15) is 0 Å². The maximum atomic E-state index is 12.6. The first-order valence-corrected chi connectivity index (χ1v) is 9.08. The molecule has 1 aliphatic rings. The number of hydrogen-bond acceptors (Lipinski definition) is 6. The zero-order valence-electron chi connectivity index (χ0n) is 15.4. The van der Waals surface area contributed by atoms with Gasteiger partial charge in [0.25, 0.3) is 0 Å². The molecule has 0 aliphatic carbocycles. The Morgan fingerprint density at radius 2 is 2.19 bits per heavy atom. The van der Waals surface area contributed by atoms with E-state index in [-0.39, 0.29) is 17.1 Å². The Balaban J connectivity index is 1.84. The fourth-order valence-corrected chi connectivity index (χ4v) is 2.96. The van der Waals surface area contributed by atoms with E-state index < -0.39 is 0 Å². The molecule has 6 nitrogen and oxygen atoms in total. The number of allylic oxidation sites excluding steroid dienone is 1. The Morgan fingerprint density at radius 3 is 2.89 bits per heavy atom. The maximum Gasteiger partial charge on any atom is 0.189 e. The van der Waals surface area contributed by atoms with Gasteiger partial charge < -0.3 is 14.6 Å². The molecule has 6 heteroatoms. The third kappa shape index (κ3) is 5.15. The molecule has 27 heavy (non-hydrogen) atoms. The summed E-state index contributed by atoms with van der Waals surface area (Å²) in [6.45, 7) is 6.08. The zero-order valence-corrected chi connectivity index (χ0v) is 15.4. The lowest BCUT2D eigenvalue weighted by Crippen LogP contribution is -2.35. The van der Waals surface area contributed by atoms with E-state index in [4.69, 9.17) is 9.47 Å². The van der Waals surface area contributed by atoms with Crippen molar-refractivity contribution >= 4 is 11.9 Å². The number of benzene rings is 1. The smallest absolute Gasteiger partial charge is 0.189 e. The van der Waals surface area contributed by atoms with Crippen molar-refractivity contribution in [3.63, 3.8) is 0 Å². The van der Waals surface area contributed by atoms with E-state index in [9.17, 15) is 9.90 Å². The number of phenolic OH excluding ortho intramolecular Hbond substituents is 1. The summed E-state index contributed by atoms with van der Waals surface area (Å²) >= 11 is 0. The highest BCUT2D eigenvalue weighted by Gasteiger charge is 2.18. The second kappa shape index (κ2) is 9.30. The fraction of sp³-hybridized carbons (Fsp3) is 0.333. The summed E-state index contributed by atoms with van der Waals surface area (Å²) < 4.78 is 11.1. The SMILES string of the molecule is CCOc1cc(O)c(C(=O)/C=C/c2cccnc2)cc1CN1CCOCC1. The van der Waals surface area contributed by atoms with E-state index in [0.29, 0.717) is 32.1 Å². The van der Waals surface area contributed by atoms with Crippen LogP contribution in [-0.2, 0) is 11.3 Å². The molecule has 0 bridgehead atoms. The van der Waals surface area contributed by atoms with Gasteiger partial charge in [-0.15, -0.1) is 0 Å². The first-order valence-electron chi connectivity index (χ1n) is 9.08. The zero-order chi connectivity index (χ0) is 19.1. The van der Waals surface area contributed by atoms with E-state index in [2.05, 4.69) is 9.88 Å². The molecular weight excluding hydrogens is 344 g/mol. The lowest BCUT2D eigenvalue weighted by atomic mass is 10.0. The van der Waals surface area contributed by atoms with E-state index in [1.54, 1.807) is 30.6 Å². The Kier molecular flexibility index (Phi) is 6.57. The molecule has 1 aromatic carbocycles. The molecular formula is C21H24N2O4. The van der Waals surface area contributed by atoms with Crippen LogP contribution in [-0.4, -0.2) is 53.7 Å². The third-order valence-electron chi connectivity index (χ3n) is 4.35. The van der Waals surface area contributed by atoms with Crippen molar-refractivity contribution in [1.82, 2.24) is 9.88 Å². The molecule has 1 aromatic heterocycles. The van der Waals surface area contributed by atoms with E-state index >= 15 is 0 Å². The van der Waals surface area contributed by atoms with Crippen molar-refractivity contribution < 1.29 is 19.4 Å². The van der Waals surface area contributed by atoms with Crippen LogP contribution in [0.4, 0.5) is 0 Å². The second-order valence-electron chi connectivity index (χ2n) is 6.28. The Hall–Kier alpha value is -2.70. The molecule has 0 spiro atoms. The number of ketones is 1. The average molecular weight is 368 g/mol. The van der Waals surface area contributed by atoms with Gasteiger partial charge in [-0.05, 0) is 36.8 Å². The number of nitrogens with zero attached hydrogens (tertiary/aromatic N) is 2. The van der Waals surface area contributed by atoms with Crippen LogP contribution in [0.3, 0.4) is 0 Å². The van der Waals surface area contributed by atoms with Gasteiger partial charge in [0.2, 0.25) is 0 Å². The summed E-state index contributed by atoms with van der Waals surface area (Å²) in [5.41, 5.74) is 1.97. The lowest BCUT2D eigenvalue weighted by Gasteiger charge is -2.27. The third-order valence-corrected chi connectivity index (χ3v) is 4.35. The summed E-state index contributed by atoms with van der Waals surface area (Å²) in [5.74, 6) is 0.266. The molecule has 142 valence electrons. The summed E-state index contributed by atoms with van der Waals surface area (Å²) in [4.78, 5) is 18.9. The number of aromatic nitrogens is 1. The summed E-state index contributed by atoms with van der Waals surface area (Å²) in [7, 11) is 0. The number of pyridine rings is 1. The number of carbonyl (C=O) groups excluding carboxylic acids is 1. The van der Waals surface area contributed by atoms with Gasteiger partial charge in [0.05, 0.1) is 25.4 Å². The molecule has 0 radical (unpaired) electrons. The fourth-order valence-electron chi connectivity index (χ4n) is 2.96. The number of rotatable bonds is 7. The average Bonchev–Trinajstić information content (AvgIpc) is 2.70. The van der Waals surface area contributed by atoms with Crippen molar-refractivity contribution in [1.29, 1.82) is 0 Å². The predicted octanol–water partition coefficient (Wildman–Crippen LogP) is 2.91. The van der Waals surface area contributed by atoms with Crippen LogP contribution >= 0.6 is 0 Å². The van der Waals surface area contributed by atoms with Gasteiger partial charge in [-0.3, -0.25) is 14.7 Å². The number of aromatic hydroxyl groups is 1. The Bertz CT molecular complexity index is 799. The highest BCUT2D eigenvalue weighted by Crippen LogP contribution is 2.30. The molecule has 1 saturated heterocycles. The quantitative estimate of drug-likeness (QED) is 0.598. The van der Waals surface area contributed by atoms with Crippen LogP contribution in [0.5, 0.6) is 11.5 Å². The van der Waals surface area contributed by atoms with Crippen molar-refractivity contribution in [2.45, 2.75) is 13.5 Å². The van der Waals surface area contributed by atoms with Crippen molar-refractivity contribution in [2.24, 2.45) is 0 Å². The van der Waals surface area contributed by atoms with Crippen LogP contribution in [0, 0.1) is 0 Å². The van der Waals surface area contributed by atoms with Crippen molar-refractivity contribution in [2.75, 3.05) is 32.9 Å². The first-order chi connectivity index (χ1) is 13.2. The Labute approximate surface area is 159 Å². The van der Waals surface area contributed by atoms with Gasteiger partial charge in [0, 0.05) is 43.7 Å². The minimum absolute atomic E-state index is 0.0787. The predicted molar refractivity (Wildman–Crippen MR) is 103 cm³/mol. The van der Waals surface area contributed by atoms with Crippen LogP contribution in [0.15, 0.2) is 42.7 Å². The van der Waals surface area contributed by atoms with E-state index in [0.717, 1.165) is 24.2 Å². The number of carbonyl (C=O) groups is 1. The first kappa shape index (κ1) is 19.1. The minimum atomic E-state index is -0.261. The van der Waals surface area contributed by atoms with Gasteiger partial charge in [-0.25, -0.2) is 0 Å². The minimum Gasteiger partial charge on any atom is -0.507 e. The maximum absolute atomic E-state index is 12.6. The summed E-state index contributed by atoms with van der Waals surface area (Å²) in [5, 5.41) is 10.3. The lowest BCUT2D eigenvalue weighted by molar-refractivity contribution is 0.0338. The molecule has 0 saturated carbocycles. The summed E-state index contributed by atoms with van der Waals surface area (Å²) in [6, 6.07) is 6.92. The molecule has 0 atom stereocenters. The molecule has 1 fully saturated rings. The standard InChI is InChI=1S/C21H24N2O4/c1-2-27-21-13-20(25)18(12-17(21)15-23-8-10-26-11-9-23)19(24)6-5-16-4-3-7-22-14-16/h3-7,12-14,25H,2,8-11,15H2,1H3/b6-5+. The van der Waals surface area contributed by atoms with Crippen LogP contribution in [0.1, 0.15) is 28.4 Å². The van der Waals surface area contributed by atoms with Gasteiger partial charge in [0.1, 0.15) is 11.5 Å².